The molecule has 3 heterocycles. The molecule has 3 fully saturated rings. The maximum atomic E-state index is 5.58. The molecule has 1 atom stereocenters. The summed E-state index contributed by atoms with van der Waals surface area (Å²) in [6.07, 6.45) is 8.52. The van der Waals surface area contributed by atoms with Gasteiger partial charge in [-0.1, -0.05) is 13.8 Å². The summed E-state index contributed by atoms with van der Waals surface area (Å²) in [7, 11) is 2.18. The molecule has 0 bridgehead atoms. The van der Waals surface area contributed by atoms with Crippen LogP contribution in [-0.4, -0.2) is 74.0 Å². The Morgan fingerprint density at radius 1 is 1.04 bits per heavy atom. The molecule has 0 aliphatic carbocycles. The van der Waals surface area contributed by atoms with Crippen molar-refractivity contribution < 1.29 is 9.47 Å². The molecule has 1 unspecified atom stereocenters. The van der Waals surface area contributed by atoms with Gasteiger partial charge in [0.1, 0.15) is 0 Å². The first kappa shape index (κ1) is 22.9. The molecule has 0 radical (unpaired) electrons. The average Bonchev–Trinajstić information content (AvgIpc) is 3.29. The van der Waals surface area contributed by atoms with Crippen molar-refractivity contribution >= 4 is 0 Å². The van der Waals surface area contributed by atoms with Crippen molar-refractivity contribution in [3.8, 4) is 0 Å². The first-order valence-electron chi connectivity index (χ1n) is 10.7. The highest BCUT2D eigenvalue weighted by Crippen LogP contribution is 2.38. The standard InChI is InChI=1S/C10H19NO.C9H19NO.C2H6/c1-2-12-9-10-5-3-7-11(10)8-4-6-10;1-8(2)11-7-9-5-4-6-10(9)3;1-2/h2-9H2,1H3;8-9H,4-7H2,1-3H3;1-2H3. The Morgan fingerprint density at radius 2 is 1.68 bits per heavy atom. The fourth-order valence-electron chi connectivity index (χ4n) is 4.25. The number of ether oxygens (including phenoxy) is 2. The van der Waals surface area contributed by atoms with E-state index < -0.39 is 0 Å². The number of fused-ring (bicyclic) bond motifs is 1. The monoisotopic (exact) mass is 356 g/mol. The van der Waals surface area contributed by atoms with E-state index in [1.54, 1.807) is 0 Å². The lowest BCUT2D eigenvalue weighted by Gasteiger charge is -2.31. The van der Waals surface area contributed by atoms with Crippen LogP contribution in [-0.2, 0) is 9.47 Å². The molecule has 3 aliphatic rings. The van der Waals surface area contributed by atoms with Gasteiger partial charge in [0.05, 0.1) is 19.3 Å². The Kier molecular flexibility index (Phi) is 11.2. The highest BCUT2D eigenvalue weighted by molar-refractivity contribution is 4.99. The lowest BCUT2D eigenvalue weighted by molar-refractivity contribution is 0.0417. The summed E-state index contributed by atoms with van der Waals surface area (Å²) in [4.78, 5) is 5.03. The fourth-order valence-corrected chi connectivity index (χ4v) is 4.25. The van der Waals surface area contributed by atoms with Crippen molar-refractivity contribution in [3.63, 3.8) is 0 Å². The largest absolute Gasteiger partial charge is 0.380 e. The van der Waals surface area contributed by atoms with E-state index in [4.69, 9.17) is 9.47 Å². The van der Waals surface area contributed by atoms with E-state index in [0.29, 0.717) is 17.7 Å². The molecular formula is C21H44N2O2. The smallest absolute Gasteiger partial charge is 0.0650 e. The van der Waals surface area contributed by atoms with Crippen molar-refractivity contribution in [2.24, 2.45) is 0 Å². The number of likely N-dealkylation sites (N-methyl/N-ethyl adjacent to an activating group) is 1. The topological polar surface area (TPSA) is 24.9 Å². The number of hydrogen-bond donors (Lipinski definition) is 0. The van der Waals surface area contributed by atoms with Crippen molar-refractivity contribution in [2.75, 3.05) is 46.5 Å². The molecule has 4 nitrogen and oxygen atoms in total. The van der Waals surface area contributed by atoms with Crippen LogP contribution in [0.15, 0.2) is 0 Å². The Morgan fingerprint density at radius 3 is 2.16 bits per heavy atom. The predicted octanol–water partition coefficient (Wildman–Crippen LogP) is 4.18. The van der Waals surface area contributed by atoms with E-state index >= 15 is 0 Å². The van der Waals surface area contributed by atoms with Crippen LogP contribution in [0, 0.1) is 0 Å². The molecule has 0 aromatic rings. The van der Waals surface area contributed by atoms with Crippen LogP contribution in [0.3, 0.4) is 0 Å². The summed E-state index contributed by atoms with van der Waals surface area (Å²) in [6.45, 7) is 16.9. The van der Waals surface area contributed by atoms with Crippen molar-refractivity contribution in [1.29, 1.82) is 0 Å². The van der Waals surface area contributed by atoms with Crippen LogP contribution in [0.1, 0.15) is 73.1 Å². The minimum atomic E-state index is 0.379. The van der Waals surface area contributed by atoms with E-state index in [2.05, 4.69) is 37.6 Å². The van der Waals surface area contributed by atoms with Gasteiger partial charge in [0.15, 0.2) is 0 Å². The van der Waals surface area contributed by atoms with Gasteiger partial charge in [-0.25, -0.2) is 0 Å². The van der Waals surface area contributed by atoms with Crippen LogP contribution in [0.4, 0.5) is 0 Å². The van der Waals surface area contributed by atoms with Crippen LogP contribution < -0.4 is 0 Å². The van der Waals surface area contributed by atoms with E-state index in [9.17, 15) is 0 Å². The van der Waals surface area contributed by atoms with Crippen molar-refractivity contribution in [3.05, 3.63) is 0 Å². The van der Waals surface area contributed by atoms with E-state index in [0.717, 1.165) is 19.8 Å². The predicted molar refractivity (Wildman–Crippen MR) is 107 cm³/mol. The van der Waals surface area contributed by atoms with Gasteiger partial charge < -0.3 is 14.4 Å². The van der Waals surface area contributed by atoms with E-state index in [1.807, 2.05) is 13.8 Å². The minimum absolute atomic E-state index is 0.379. The number of likely N-dealkylation sites (tertiary alicyclic amines) is 1. The summed E-state index contributed by atoms with van der Waals surface area (Å²) in [6, 6.07) is 0.678. The SMILES string of the molecule is CC.CC(C)OCC1CCCN1C.CCOCC12CCCN1CCC2. The van der Waals surface area contributed by atoms with Crippen LogP contribution in [0.5, 0.6) is 0 Å². The quantitative estimate of drug-likeness (QED) is 0.713. The Labute approximate surface area is 157 Å². The maximum Gasteiger partial charge on any atom is 0.0650 e. The van der Waals surface area contributed by atoms with Crippen molar-refractivity contribution in [1.82, 2.24) is 9.80 Å². The van der Waals surface area contributed by atoms with E-state index in [1.165, 1.54) is 58.2 Å². The van der Waals surface area contributed by atoms with Gasteiger partial charge in [0, 0.05) is 18.2 Å². The molecule has 0 saturated carbocycles. The highest BCUT2D eigenvalue weighted by Gasteiger charge is 2.44. The molecule has 0 N–H and O–H groups in total. The lowest BCUT2D eigenvalue weighted by atomic mass is 9.95. The third-order valence-electron chi connectivity index (χ3n) is 5.68. The summed E-state index contributed by atoms with van der Waals surface area (Å²) < 4.78 is 11.1. The third kappa shape index (κ3) is 7.16. The van der Waals surface area contributed by atoms with Gasteiger partial charge in [0.2, 0.25) is 0 Å². The second-order valence-corrected chi connectivity index (χ2v) is 7.71. The van der Waals surface area contributed by atoms with Gasteiger partial charge in [0.25, 0.3) is 0 Å². The molecule has 0 aromatic carbocycles. The Balaban J connectivity index is 0.000000229. The zero-order valence-corrected chi connectivity index (χ0v) is 17.9. The molecule has 0 amide bonds. The first-order valence-corrected chi connectivity index (χ1v) is 10.7. The van der Waals surface area contributed by atoms with Gasteiger partial charge >= 0.3 is 0 Å². The van der Waals surface area contributed by atoms with Crippen LogP contribution >= 0.6 is 0 Å². The van der Waals surface area contributed by atoms with Gasteiger partial charge in [-0.2, -0.15) is 0 Å². The summed E-state index contributed by atoms with van der Waals surface area (Å²) in [5.41, 5.74) is 0.468. The van der Waals surface area contributed by atoms with Crippen LogP contribution in [0.2, 0.25) is 0 Å². The number of hydrogen-bond acceptors (Lipinski definition) is 4. The molecule has 3 aliphatic heterocycles. The third-order valence-corrected chi connectivity index (χ3v) is 5.68. The minimum Gasteiger partial charge on any atom is -0.380 e. The number of rotatable bonds is 6. The summed E-state index contributed by atoms with van der Waals surface area (Å²) in [5.74, 6) is 0. The normalized spacial score (nSPS) is 25.3. The molecule has 150 valence electrons. The zero-order chi connectivity index (χ0) is 18.7. The molecule has 0 spiro atoms. The van der Waals surface area contributed by atoms with Gasteiger partial charge in [-0.15, -0.1) is 0 Å². The van der Waals surface area contributed by atoms with Crippen LogP contribution in [0.25, 0.3) is 0 Å². The zero-order valence-electron chi connectivity index (χ0n) is 17.9. The van der Waals surface area contributed by atoms with E-state index in [-0.39, 0.29) is 0 Å². The molecule has 3 rings (SSSR count). The molecular weight excluding hydrogens is 312 g/mol. The van der Waals surface area contributed by atoms with Gasteiger partial charge in [-0.05, 0) is 86.0 Å². The molecule has 0 aromatic heterocycles. The molecule has 4 heteroatoms. The summed E-state index contributed by atoms with van der Waals surface area (Å²) in [5, 5.41) is 0. The summed E-state index contributed by atoms with van der Waals surface area (Å²) >= 11 is 0. The second-order valence-electron chi connectivity index (χ2n) is 7.71. The Bertz CT molecular complexity index is 326. The average molecular weight is 357 g/mol. The first-order chi connectivity index (χ1) is 12.1. The highest BCUT2D eigenvalue weighted by atomic mass is 16.5. The maximum absolute atomic E-state index is 5.58. The molecule has 3 saturated heterocycles. The molecule has 25 heavy (non-hydrogen) atoms. The second kappa shape index (κ2) is 12.3. The Hall–Kier alpha value is -0.160. The fraction of sp³-hybridized carbons (Fsp3) is 1.00. The van der Waals surface area contributed by atoms with Crippen molar-refractivity contribution in [2.45, 2.75) is 90.8 Å². The van der Waals surface area contributed by atoms with Gasteiger partial charge in [-0.3, -0.25) is 4.90 Å². The lowest BCUT2D eigenvalue weighted by Crippen LogP contribution is -2.42. The number of nitrogens with zero attached hydrogens (tertiary/aromatic N) is 2.